The van der Waals surface area contributed by atoms with E-state index in [0.29, 0.717) is 0 Å². The standard InChI is InChI=1S/C15H22.2CH4O/c1-2-10-11(3-1)13-7-12(10)14-8-4-5-9(6-8)15(13)14;2*1-2/h8-15H,1-7H2;2*2H,1H3. The Morgan fingerprint density at radius 2 is 1.05 bits per heavy atom. The molecule has 0 radical (unpaired) electrons. The lowest BCUT2D eigenvalue weighted by Crippen LogP contribution is -2.35. The van der Waals surface area contributed by atoms with Gasteiger partial charge in [-0.05, 0) is 85.9 Å². The maximum Gasteiger partial charge on any atom is 0.0319 e. The molecule has 0 aromatic rings. The van der Waals surface area contributed by atoms with Crippen molar-refractivity contribution < 1.29 is 10.2 Å². The molecule has 5 rings (SSSR count). The van der Waals surface area contributed by atoms with Crippen molar-refractivity contribution in [1.82, 2.24) is 0 Å². The molecule has 5 saturated carbocycles. The molecular weight excluding hydrogens is 236 g/mol. The van der Waals surface area contributed by atoms with E-state index in [9.17, 15) is 0 Å². The lowest BCUT2D eigenvalue weighted by molar-refractivity contribution is 0.0716. The van der Waals surface area contributed by atoms with Gasteiger partial charge in [0.15, 0.2) is 0 Å². The maximum atomic E-state index is 7.00. The van der Waals surface area contributed by atoms with Gasteiger partial charge in [0.2, 0.25) is 0 Å². The fraction of sp³-hybridized carbons (Fsp3) is 1.00. The Labute approximate surface area is 117 Å². The van der Waals surface area contributed by atoms with Crippen LogP contribution < -0.4 is 0 Å². The van der Waals surface area contributed by atoms with E-state index in [1.165, 1.54) is 47.3 Å². The molecule has 8 atom stereocenters. The Hall–Kier alpha value is -0.0800. The molecule has 110 valence electrons. The number of hydrogen-bond acceptors (Lipinski definition) is 2. The van der Waals surface area contributed by atoms with Gasteiger partial charge in [0.05, 0.1) is 0 Å². The van der Waals surface area contributed by atoms with Gasteiger partial charge in [-0.1, -0.05) is 6.42 Å². The fourth-order valence-electron chi connectivity index (χ4n) is 7.28. The molecule has 4 bridgehead atoms. The van der Waals surface area contributed by atoms with E-state index in [4.69, 9.17) is 10.2 Å². The van der Waals surface area contributed by atoms with E-state index in [1.54, 1.807) is 44.9 Å². The van der Waals surface area contributed by atoms with Gasteiger partial charge in [-0.15, -0.1) is 0 Å². The molecule has 5 aliphatic carbocycles. The maximum absolute atomic E-state index is 7.00. The molecule has 2 N–H and O–H groups in total. The average Bonchev–Trinajstić information content (AvgIpc) is 3.24. The Balaban J connectivity index is 0.000000256. The zero-order valence-electron chi connectivity index (χ0n) is 12.5. The van der Waals surface area contributed by atoms with Gasteiger partial charge in [0.1, 0.15) is 0 Å². The van der Waals surface area contributed by atoms with Crippen LogP contribution in [0, 0.1) is 47.3 Å². The average molecular weight is 266 g/mol. The van der Waals surface area contributed by atoms with Crippen LogP contribution in [0.15, 0.2) is 0 Å². The highest BCUT2D eigenvalue weighted by Gasteiger charge is 2.65. The number of aliphatic hydroxyl groups excluding tert-OH is 2. The number of aliphatic hydroxyl groups is 2. The smallest absolute Gasteiger partial charge is 0.0319 e. The van der Waals surface area contributed by atoms with Gasteiger partial charge < -0.3 is 10.2 Å². The van der Waals surface area contributed by atoms with Crippen molar-refractivity contribution in [2.45, 2.75) is 44.9 Å². The van der Waals surface area contributed by atoms with E-state index in [1.807, 2.05) is 0 Å². The first-order valence-corrected chi connectivity index (χ1v) is 8.33. The summed E-state index contributed by atoms with van der Waals surface area (Å²) in [5.74, 6) is 9.78. The molecule has 8 unspecified atom stereocenters. The molecule has 5 aliphatic rings. The predicted octanol–water partition coefficient (Wildman–Crippen LogP) is 2.93. The molecule has 5 fully saturated rings. The normalized spacial score (nSPS) is 54.9. The summed E-state index contributed by atoms with van der Waals surface area (Å²) < 4.78 is 0. The minimum Gasteiger partial charge on any atom is -0.400 e. The summed E-state index contributed by atoms with van der Waals surface area (Å²) in [6.45, 7) is 0. The summed E-state index contributed by atoms with van der Waals surface area (Å²) in [6.07, 6.45) is 11.4. The van der Waals surface area contributed by atoms with E-state index < -0.39 is 0 Å². The van der Waals surface area contributed by atoms with Crippen LogP contribution in [0.3, 0.4) is 0 Å². The summed E-state index contributed by atoms with van der Waals surface area (Å²) in [4.78, 5) is 0. The largest absolute Gasteiger partial charge is 0.400 e. The Morgan fingerprint density at radius 3 is 1.53 bits per heavy atom. The van der Waals surface area contributed by atoms with Crippen LogP contribution in [-0.2, 0) is 0 Å². The summed E-state index contributed by atoms with van der Waals surface area (Å²) in [5, 5.41) is 14.0. The minimum atomic E-state index is 1.00. The first-order valence-electron chi connectivity index (χ1n) is 8.33. The predicted molar refractivity (Wildman–Crippen MR) is 76.5 cm³/mol. The second-order valence-electron chi connectivity index (χ2n) is 7.31. The molecule has 19 heavy (non-hydrogen) atoms. The zero-order valence-corrected chi connectivity index (χ0v) is 12.5. The lowest BCUT2D eigenvalue weighted by Gasteiger charge is -2.40. The summed E-state index contributed by atoms with van der Waals surface area (Å²) in [7, 11) is 2.00. The van der Waals surface area contributed by atoms with Gasteiger partial charge in [0.25, 0.3) is 0 Å². The molecule has 0 heterocycles. The zero-order chi connectivity index (χ0) is 13.6. The molecule has 0 spiro atoms. The highest BCUT2D eigenvalue weighted by atomic mass is 16.2. The molecule has 0 aromatic carbocycles. The van der Waals surface area contributed by atoms with Crippen LogP contribution in [-0.4, -0.2) is 24.4 Å². The third-order valence-electron chi connectivity index (χ3n) is 7.30. The Morgan fingerprint density at radius 1 is 0.579 bits per heavy atom. The van der Waals surface area contributed by atoms with Crippen LogP contribution in [0.2, 0.25) is 0 Å². The number of hydrogen-bond donors (Lipinski definition) is 2. The highest BCUT2D eigenvalue weighted by molar-refractivity contribution is 5.14. The molecule has 2 heteroatoms. The molecular formula is C17H30O2. The van der Waals surface area contributed by atoms with Gasteiger partial charge in [0, 0.05) is 14.2 Å². The molecule has 0 aromatic heterocycles. The minimum absolute atomic E-state index is 1.00. The summed E-state index contributed by atoms with van der Waals surface area (Å²) in [5.41, 5.74) is 0. The number of rotatable bonds is 0. The lowest BCUT2D eigenvalue weighted by atomic mass is 9.64. The van der Waals surface area contributed by atoms with Crippen molar-refractivity contribution in [3.05, 3.63) is 0 Å². The SMILES string of the molecule is C1CC2C(C1)C1CC2C2C3CCC(C3)C12.CO.CO. The molecule has 0 aliphatic heterocycles. The first-order chi connectivity index (χ1) is 9.43. The Bertz CT molecular complexity index is 288. The van der Waals surface area contributed by atoms with E-state index in [0.717, 1.165) is 14.2 Å². The molecule has 0 amide bonds. The van der Waals surface area contributed by atoms with Crippen molar-refractivity contribution in [2.75, 3.05) is 14.2 Å². The highest BCUT2D eigenvalue weighted by Crippen LogP contribution is 2.72. The molecule has 2 nitrogen and oxygen atoms in total. The summed E-state index contributed by atoms with van der Waals surface area (Å²) in [6, 6.07) is 0. The second kappa shape index (κ2) is 5.37. The fourth-order valence-corrected chi connectivity index (χ4v) is 7.28. The number of fused-ring (bicyclic) bond motifs is 12. The van der Waals surface area contributed by atoms with Crippen molar-refractivity contribution in [1.29, 1.82) is 0 Å². The van der Waals surface area contributed by atoms with Crippen molar-refractivity contribution in [3.63, 3.8) is 0 Å². The van der Waals surface area contributed by atoms with E-state index in [-0.39, 0.29) is 0 Å². The van der Waals surface area contributed by atoms with Crippen LogP contribution in [0.4, 0.5) is 0 Å². The summed E-state index contributed by atoms with van der Waals surface area (Å²) >= 11 is 0. The van der Waals surface area contributed by atoms with Crippen LogP contribution >= 0.6 is 0 Å². The van der Waals surface area contributed by atoms with Crippen molar-refractivity contribution in [3.8, 4) is 0 Å². The van der Waals surface area contributed by atoms with Gasteiger partial charge in [-0.2, -0.15) is 0 Å². The van der Waals surface area contributed by atoms with E-state index >= 15 is 0 Å². The van der Waals surface area contributed by atoms with Crippen molar-refractivity contribution >= 4 is 0 Å². The van der Waals surface area contributed by atoms with Crippen molar-refractivity contribution in [2.24, 2.45) is 47.3 Å². The second-order valence-corrected chi connectivity index (χ2v) is 7.31. The quantitative estimate of drug-likeness (QED) is 0.662. The monoisotopic (exact) mass is 266 g/mol. The Kier molecular flexibility index (Phi) is 3.92. The topological polar surface area (TPSA) is 40.5 Å². The van der Waals surface area contributed by atoms with Gasteiger partial charge in [-0.25, -0.2) is 0 Å². The first kappa shape index (κ1) is 13.9. The van der Waals surface area contributed by atoms with Gasteiger partial charge >= 0.3 is 0 Å². The third-order valence-corrected chi connectivity index (χ3v) is 7.30. The molecule has 0 saturated heterocycles. The van der Waals surface area contributed by atoms with E-state index in [2.05, 4.69) is 0 Å². The van der Waals surface area contributed by atoms with Crippen LogP contribution in [0.5, 0.6) is 0 Å². The third kappa shape index (κ3) is 1.75. The van der Waals surface area contributed by atoms with Crippen LogP contribution in [0.25, 0.3) is 0 Å². The van der Waals surface area contributed by atoms with Gasteiger partial charge in [-0.3, -0.25) is 0 Å². The van der Waals surface area contributed by atoms with Crippen LogP contribution in [0.1, 0.15) is 44.9 Å².